The van der Waals surface area contributed by atoms with Crippen molar-refractivity contribution in [2.75, 3.05) is 13.3 Å². The standard InChI is InChI=1S/C26H32FN3O5/c1-4-5-8-13-34-23(32)14-20(22(31)16-27)29-25(33)26(17(2)3)15-21(30-35-26)24-19-10-7-6-9-18(19)11-12-28-24/h6-7,9-12,17,20H,4-5,8,13-16H2,1-3H3,(H,29,33)/t20-,26+/m0/s1. The smallest absolute Gasteiger partial charge is 0.308 e. The largest absolute Gasteiger partial charge is 0.466 e. The van der Waals surface area contributed by atoms with Crippen molar-refractivity contribution >= 4 is 34.1 Å². The maximum atomic E-state index is 13.4. The second kappa shape index (κ2) is 11.9. The Labute approximate surface area is 204 Å². The number of pyridine rings is 1. The molecule has 2 atom stereocenters. The second-order valence-electron chi connectivity index (χ2n) is 8.99. The van der Waals surface area contributed by atoms with Gasteiger partial charge in [-0.2, -0.15) is 0 Å². The molecule has 0 bridgehead atoms. The number of esters is 1. The van der Waals surface area contributed by atoms with E-state index in [9.17, 15) is 18.8 Å². The van der Waals surface area contributed by atoms with Crippen LogP contribution in [-0.2, 0) is 24.0 Å². The average molecular weight is 486 g/mol. The van der Waals surface area contributed by atoms with Crippen molar-refractivity contribution in [3.63, 3.8) is 0 Å². The van der Waals surface area contributed by atoms with Crippen molar-refractivity contribution in [3.8, 4) is 0 Å². The van der Waals surface area contributed by atoms with E-state index < -0.39 is 42.4 Å². The number of nitrogens with one attached hydrogen (secondary N) is 1. The van der Waals surface area contributed by atoms with E-state index in [-0.39, 0.29) is 18.9 Å². The molecule has 0 saturated heterocycles. The number of nitrogens with zero attached hydrogens (tertiary/aromatic N) is 2. The Balaban J connectivity index is 1.76. The van der Waals surface area contributed by atoms with Gasteiger partial charge in [0.1, 0.15) is 18.4 Å². The molecule has 1 N–H and O–H groups in total. The molecule has 2 aromatic rings. The number of hydrogen-bond acceptors (Lipinski definition) is 7. The van der Waals surface area contributed by atoms with Crippen LogP contribution in [0.1, 0.15) is 58.6 Å². The molecule has 0 spiro atoms. The summed E-state index contributed by atoms with van der Waals surface area (Å²) in [4.78, 5) is 48.0. The fraction of sp³-hybridized carbons (Fsp3) is 0.500. The molecule has 8 nitrogen and oxygen atoms in total. The highest BCUT2D eigenvalue weighted by molar-refractivity contribution is 6.12. The first-order valence-electron chi connectivity index (χ1n) is 12.0. The van der Waals surface area contributed by atoms with Crippen LogP contribution in [0.5, 0.6) is 0 Å². The monoisotopic (exact) mass is 485 g/mol. The highest BCUT2D eigenvalue weighted by atomic mass is 19.1. The highest BCUT2D eigenvalue weighted by Crippen LogP contribution is 2.35. The normalized spacial score (nSPS) is 18.1. The van der Waals surface area contributed by atoms with Crippen molar-refractivity contribution in [3.05, 3.63) is 42.2 Å². The molecule has 2 heterocycles. The number of alkyl halides is 1. The molecular formula is C26H32FN3O5. The summed E-state index contributed by atoms with van der Waals surface area (Å²) in [5.41, 5.74) is -0.340. The zero-order valence-electron chi connectivity index (χ0n) is 20.4. The fourth-order valence-corrected chi connectivity index (χ4v) is 4.00. The summed E-state index contributed by atoms with van der Waals surface area (Å²) in [5, 5.41) is 8.55. The van der Waals surface area contributed by atoms with E-state index >= 15 is 0 Å². The number of hydrogen-bond donors (Lipinski definition) is 1. The van der Waals surface area contributed by atoms with E-state index in [4.69, 9.17) is 9.57 Å². The van der Waals surface area contributed by atoms with Crippen LogP contribution in [0.25, 0.3) is 10.8 Å². The number of rotatable bonds is 12. The number of Topliss-reactive ketones (excluding diaryl/α,β-unsaturated/α-hetero) is 1. The van der Waals surface area contributed by atoms with Gasteiger partial charge in [-0.1, -0.05) is 63.0 Å². The average Bonchev–Trinajstić information content (AvgIpc) is 3.32. The number of benzene rings is 1. The zero-order chi connectivity index (χ0) is 25.4. The fourth-order valence-electron chi connectivity index (χ4n) is 4.00. The molecule has 0 fully saturated rings. The van der Waals surface area contributed by atoms with E-state index in [1.54, 1.807) is 20.0 Å². The lowest BCUT2D eigenvalue weighted by Crippen LogP contribution is -2.55. The molecule has 1 aliphatic heterocycles. The van der Waals surface area contributed by atoms with Crippen molar-refractivity contribution in [1.29, 1.82) is 0 Å². The van der Waals surface area contributed by atoms with Crippen molar-refractivity contribution < 1.29 is 28.3 Å². The van der Waals surface area contributed by atoms with Gasteiger partial charge in [-0.05, 0) is 17.9 Å². The number of aromatic nitrogens is 1. The highest BCUT2D eigenvalue weighted by Gasteiger charge is 2.51. The zero-order valence-corrected chi connectivity index (χ0v) is 20.4. The molecule has 0 saturated carbocycles. The molecule has 35 heavy (non-hydrogen) atoms. The maximum absolute atomic E-state index is 13.4. The molecule has 0 aliphatic carbocycles. The third-order valence-electron chi connectivity index (χ3n) is 6.22. The number of amides is 1. The number of oxime groups is 1. The van der Waals surface area contributed by atoms with Gasteiger partial charge in [-0.25, -0.2) is 4.39 Å². The Morgan fingerprint density at radius 1 is 1.20 bits per heavy atom. The van der Waals surface area contributed by atoms with Crippen molar-refractivity contribution in [1.82, 2.24) is 10.3 Å². The van der Waals surface area contributed by atoms with Crippen LogP contribution >= 0.6 is 0 Å². The first-order valence-corrected chi connectivity index (χ1v) is 12.0. The van der Waals surface area contributed by atoms with Crippen molar-refractivity contribution in [2.24, 2.45) is 11.1 Å². The molecule has 3 rings (SSSR count). The van der Waals surface area contributed by atoms with Gasteiger partial charge >= 0.3 is 5.97 Å². The first kappa shape index (κ1) is 26.2. The van der Waals surface area contributed by atoms with Crippen LogP contribution in [0.15, 0.2) is 41.7 Å². The first-order chi connectivity index (χ1) is 16.8. The van der Waals surface area contributed by atoms with Crippen LogP contribution in [-0.4, -0.2) is 53.3 Å². The van der Waals surface area contributed by atoms with Gasteiger partial charge in [0.15, 0.2) is 5.78 Å². The van der Waals surface area contributed by atoms with E-state index in [0.717, 1.165) is 23.6 Å². The van der Waals surface area contributed by atoms with Gasteiger partial charge in [-0.15, -0.1) is 0 Å². The van der Waals surface area contributed by atoms with Crippen LogP contribution in [0.2, 0.25) is 0 Å². The molecule has 188 valence electrons. The number of carbonyl (C=O) groups is 3. The summed E-state index contributed by atoms with van der Waals surface area (Å²) < 4.78 is 18.4. The second-order valence-corrected chi connectivity index (χ2v) is 8.99. The molecule has 0 radical (unpaired) electrons. The summed E-state index contributed by atoms with van der Waals surface area (Å²) in [5.74, 6) is -2.56. The van der Waals surface area contributed by atoms with Gasteiger partial charge in [-0.3, -0.25) is 19.4 Å². The predicted molar refractivity (Wildman–Crippen MR) is 130 cm³/mol. The van der Waals surface area contributed by atoms with Gasteiger partial charge in [0.05, 0.1) is 18.7 Å². The molecule has 0 unspecified atom stereocenters. The summed E-state index contributed by atoms with van der Waals surface area (Å²) in [7, 11) is 0. The Kier molecular flexibility index (Phi) is 8.89. The molecule has 1 aromatic heterocycles. The minimum Gasteiger partial charge on any atom is -0.466 e. The maximum Gasteiger partial charge on any atom is 0.308 e. The Morgan fingerprint density at radius 3 is 2.69 bits per heavy atom. The molecule has 9 heteroatoms. The van der Waals surface area contributed by atoms with Crippen LogP contribution in [0.4, 0.5) is 4.39 Å². The SMILES string of the molecule is CCCCCOC(=O)C[C@H](NC(=O)[C@]1(C(C)C)CC(c2nccc3ccccc23)=NO1)C(=O)CF. The number of carbonyl (C=O) groups excluding carboxylic acids is 3. The van der Waals surface area contributed by atoms with Crippen LogP contribution in [0.3, 0.4) is 0 Å². The molecular weight excluding hydrogens is 453 g/mol. The van der Waals surface area contributed by atoms with Gasteiger partial charge in [0.25, 0.3) is 5.91 Å². The Hall–Kier alpha value is -3.36. The number of ether oxygens (including phenoxy) is 1. The quantitative estimate of drug-likeness (QED) is 0.361. The Morgan fingerprint density at radius 2 is 1.97 bits per heavy atom. The summed E-state index contributed by atoms with van der Waals surface area (Å²) in [6.07, 6.45) is 3.88. The van der Waals surface area contributed by atoms with E-state index in [1.807, 2.05) is 37.3 Å². The van der Waals surface area contributed by atoms with Crippen molar-refractivity contribution in [2.45, 2.75) is 64.5 Å². The van der Waals surface area contributed by atoms with Crippen LogP contribution < -0.4 is 5.32 Å². The molecule has 1 aliphatic rings. The Bertz CT molecular complexity index is 1100. The minimum atomic E-state index is -1.44. The minimum absolute atomic E-state index is 0.107. The number of fused-ring (bicyclic) bond motifs is 1. The van der Waals surface area contributed by atoms with Gasteiger partial charge < -0.3 is 14.9 Å². The number of unbranched alkanes of at least 4 members (excludes halogenated alkanes) is 2. The number of halogens is 1. The topological polar surface area (TPSA) is 107 Å². The molecule has 1 amide bonds. The molecule has 1 aromatic carbocycles. The third kappa shape index (κ3) is 6.01. The van der Waals surface area contributed by atoms with E-state index in [0.29, 0.717) is 17.8 Å². The lowest BCUT2D eigenvalue weighted by atomic mass is 9.83. The number of ketones is 1. The van der Waals surface area contributed by atoms with Gasteiger partial charge in [0, 0.05) is 23.9 Å². The van der Waals surface area contributed by atoms with Crippen LogP contribution in [0, 0.1) is 5.92 Å². The lowest BCUT2D eigenvalue weighted by Gasteiger charge is -2.30. The predicted octanol–water partition coefficient (Wildman–Crippen LogP) is 3.90. The third-order valence-corrected chi connectivity index (χ3v) is 6.22. The lowest BCUT2D eigenvalue weighted by molar-refractivity contribution is -0.153. The summed E-state index contributed by atoms with van der Waals surface area (Å²) in [6, 6.07) is 8.20. The summed E-state index contributed by atoms with van der Waals surface area (Å²) in [6.45, 7) is 4.51. The van der Waals surface area contributed by atoms with E-state index in [2.05, 4.69) is 15.5 Å². The van der Waals surface area contributed by atoms with E-state index in [1.165, 1.54) is 0 Å². The summed E-state index contributed by atoms with van der Waals surface area (Å²) >= 11 is 0. The van der Waals surface area contributed by atoms with Gasteiger partial charge in [0.2, 0.25) is 5.60 Å².